The summed E-state index contributed by atoms with van der Waals surface area (Å²) in [4.78, 5) is 19.0. The van der Waals surface area contributed by atoms with Crippen LogP contribution in [0.4, 0.5) is 4.39 Å². The Kier molecular flexibility index (Phi) is 5.77. The molecule has 0 radical (unpaired) electrons. The third kappa shape index (κ3) is 4.78. The average molecular weight is 440 g/mol. The van der Waals surface area contributed by atoms with E-state index in [4.69, 9.17) is 26.8 Å². The fourth-order valence-corrected chi connectivity index (χ4v) is 3.36. The Balaban J connectivity index is 1.54. The Morgan fingerprint density at radius 1 is 1.06 bits per heavy atom. The number of nitrogens with zero attached hydrogens (tertiary/aromatic N) is 1. The number of halogens is 2. The number of amides is 1. The van der Waals surface area contributed by atoms with Crippen LogP contribution in [0.2, 0.25) is 5.02 Å². The molecule has 0 spiro atoms. The molecule has 1 aromatic heterocycles. The number of hydrogen-bond acceptors (Lipinski definition) is 4. The minimum atomic E-state index is -0.580. The number of primary amides is 1. The monoisotopic (exact) mass is 439 g/mol. The van der Waals surface area contributed by atoms with Crippen molar-refractivity contribution in [2.24, 2.45) is 5.73 Å². The van der Waals surface area contributed by atoms with Gasteiger partial charge in [0.2, 0.25) is 5.91 Å². The Labute approximate surface area is 182 Å². The zero-order chi connectivity index (χ0) is 22.0. The SMILES string of the molecule is Cc1ccc(COc2cc(C(N)=O)ccc2OCc2nc3ccc(F)cc3[nH]2)c(Cl)c1. The fraction of sp³-hybridized carbons (Fsp3) is 0.130. The fourth-order valence-electron chi connectivity index (χ4n) is 3.07. The first-order chi connectivity index (χ1) is 14.9. The molecule has 3 N–H and O–H groups in total. The Bertz CT molecular complexity index is 1270. The summed E-state index contributed by atoms with van der Waals surface area (Å²) in [6.07, 6.45) is 0. The number of rotatable bonds is 7. The maximum atomic E-state index is 13.4. The highest BCUT2D eigenvalue weighted by Crippen LogP contribution is 2.31. The highest BCUT2D eigenvalue weighted by molar-refractivity contribution is 6.31. The minimum absolute atomic E-state index is 0.0911. The first-order valence-corrected chi connectivity index (χ1v) is 9.85. The number of H-pyrrole nitrogens is 1. The van der Waals surface area contributed by atoms with Crippen molar-refractivity contribution >= 4 is 28.5 Å². The van der Waals surface area contributed by atoms with Gasteiger partial charge in [0.15, 0.2) is 11.5 Å². The van der Waals surface area contributed by atoms with Gasteiger partial charge in [0.1, 0.15) is 24.9 Å². The van der Waals surface area contributed by atoms with Crippen molar-refractivity contribution in [1.29, 1.82) is 0 Å². The molecule has 0 aliphatic carbocycles. The third-order valence-electron chi connectivity index (χ3n) is 4.68. The summed E-state index contributed by atoms with van der Waals surface area (Å²) in [5.74, 6) is 0.335. The van der Waals surface area contributed by atoms with E-state index < -0.39 is 5.91 Å². The van der Waals surface area contributed by atoms with E-state index in [0.717, 1.165) is 11.1 Å². The van der Waals surface area contributed by atoms with Gasteiger partial charge in [-0.3, -0.25) is 4.79 Å². The van der Waals surface area contributed by atoms with E-state index in [-0.39, 0.29) is 24.6 Å². The Hall–Kier alpha value is -3.58. The third-order valence-corrected chi connectivity index (χ3v) is 5.03. The maximum absolute atomic E-state index is 13.4. The Morgan fingerprint density at radius 2 is 1.87 bits per heavy atom. The van der Waals surface area contributed by atoms with Crippen LogP contribution in [0.25, 0.3) is 11.0 Å². The average Bonchev–Trinajstić information content (AvgIpc) is 3.13. The molecule has 0 bridgehead atoms. The molecule has 31 heavy (non-hydrogen) atoms. The highest BCUT2D eigenvalue weighted by Gasteiger charge is 2.13. The second-order valence-corrected chi connectivity index (χ2v) is 7.45. The molecule has 6 nitrogen and oxygen atoms in total. The molecular weight excluding hydrogens is 421 g/mol. The van der Waals surface area contributed by atoms with Crippen LogP contribution >= 0.6 is 11.6 Å². The number of nitrogens with one attached hydrogen (secondary N) is 1. The summed E-state index contributed by atoms with van der Waals surface area (Å²) in [6, 6.07) is 14.6. The van der Waals surface area contributed by atoms with E-state index in [1.807, 2.05) is 25.1 Å². The quantitative estimate of drug-likeness (QED) is 0.427. The number of carbonyl (C=O) groups is 1. The summed E-state index contributed by atoms with van der Waals surface area (Å²) < 4.78 is 25.1. The Morgan fingerprint density at radius 3 is 2.65 bits per heavy atom. The topological polar surface area (TPSA) is 90.2 Å². The van der Waals surface area contributed by atoms with Gasteiger partial charge in [-0.1, -0.05) is 23.7 Å². The largest absolute Gasteiger partial charge is 0.485 e. The molecule has 0 saturated carbocycles. The van der Waals surface area contributed by atoms with Crippen LogP contribution in [0.1, 0.15) is 27.3 Å². The first kappa shape index (κ1) is 20.7. The van der Waals surface area contributed by atoms with E-state index in [0.29, 0.717) is 33.4 Å². The van der Waals surface area contributed by atoms with E-state index in [1.165, 1.54) is 18.2 Å². The zero-order valence-corrected chi connectivity index (χ0v) is 17.4. The number of hydrogen-bond donors (Lipinski definition) is 2. The number of carbonyl (C=O) groups excluding carboxylic acids is 1. The summed E-state index contributed by atoms with van der Waals surface area (Å²) in [5, 5.41) is 0.586. The summed E-state index contributed by atoms with van der Waals surface area (Å²) >= 11 is 6.28. The molecule has 0 unspecified atom stereocenters. The van der Waals surface area contributed by atoms with Gasteiger partial charge in [0.05, 0.1) is 11.0 Å². The molecule has 0 aliphatic heterocycles. The van der Waals surface area contributed by atoms with Crippen LogP contribution in [-0.4, -0.2) is 15.9 Å². The summed E-state index contributed by atoms with van der Waals surface area (Å²) in [6.45, 7) is 2.22. The van der Waals surface area contributed by atoms with Crippen molar-refractivity contribution in [2.75, 3.05) is 0 Å². The molecule has 0 saturated heterocycles. The molecule has 4 aromatic rings. The first-order valence-electron chi connectivity index (χ1n) is 9.47. The number of benzene rings is 3. The van der Waals surface area contributed by atoms with Gasteiger partial charge in [-0.15, -0.1) is 0 Å². The molecule has 4 rings (SSSR count). The van der Waals surface area contributed by atoms with Crippen molar-refractivity contribution in [3.8, 4) is 11.5 Å². The lowest BCUT2D eigenvalue weighted by Crippen LogP contribution is -2.11. The van der Waals surface area contributed by atoms with Crippen molar-refractivity contribution in [1.82, 2.24) is 9.97 Å². The van der Waals surface area contributed by atoms with Crippen LogP contribution in [0.3, 0.4) is 0 Å². The van der Waals surface area contributed by atoms with Gasteiger partial charge in [0.25, 0.3) is 0 Å². The van der Waals surface area contributed by atoms with Gasteiger partial charge in [-0.25, -0.2) is 9.37 Å². The van der Waals surface area contributed by atoms with Crippen molar-refractivity contribution < 1.29 is 18.7 Å². The molecule has 0 atom stereocenters. The van der Waals surface area contributed by atoms with Crippen LogP contribution in [-0.2, 0) is 13.2 Å². The van der Waals surface area contributed by atoms with Crippen LogP contribution in [0, 0.1) is 12.7 Å². The predicted molar refractivity (Wildman–Crippen MR) is 116 cm³/mol. The number of imidazole rings is 1. The van der Waals surface area contributed by atoms with Gasteiger partial charge >= 0.3 is 0 Å². The summed E-state index contributed by atoms with van der Waals surface area (Å²) in [7, 11) is 0. The number of aromatic amines is 1. The molecule has 3 aromatic carbocycles. The zero-order valence-electron chi connectivity index (χ0n) is 16.6. The number of fused-ring (bicyclic) bond motifs is 1. The maximum Gasteiger partial charge on any atom is 0.248 e. The molecule has 0 fully saturated rings. The van der Waals surface area contributed by atoms with E-state index in [2.05, 4.69) is 9.97 Å². The van der Waals surface area contributed by atoms with Gasteiger partial charge < -0.3 is 20.2 Å². The van der Waals surface area contributed by atoms with Crippen molar-refractivity contribution in [3.63, 3.8) is 0 Å². The molecular formula is C23H19ClFN3O3. The molecule has 158 valence electrons. The van der Waals surface area contributed by atoms with Gasteiger partial charge in [-0.2, -0.15) is 0 Å². The number of aryl methyl sites for hydroxylation is 1. The molecule has 0 aliphatic rings. The smallest absolute Gasteiger partial charge is 0.248 e. The molecule has 1 heterocycles. The van der Waals surface area contributed by atoms with E-state index in [9.17, 15) is 9.18 Å². The van der Waals surface area contributed by atoms with Crippen LogP contribution < -0.4 is 15.2 Å². The van der Waals surface area contributed by atoms with Crippen molar-refractivity contribution in [2.45, 2.75) is 20.1 Å². The van der Waals surface area contributed by atoms with E-state index >= 15 is 0 Å². The highest BCUT2D eigenvalue weighted by atomic mass is 35.5. The van der Waals surface area contributed by atoms with Gasteiger partial charge in [-0.05, 0) is 55.0 Å². The second kappa shape index (κ2) is 8.65. The van der Waals surface area contributed by atoms with Gasteiger partial charge in [0, 0.05) is 16.1 Å². The normalized spacial score (nSPS) is 10.9. The number of nitrogens with two attached hydrogens (primary N) is 1. The van der Waals surface area contributed by atoms with E-state index in [1.54, 1.807) is 18.2 Å². The summed E-state index contributed by atoms with van der Waals surface area (Å²) in [5.41, 5.74) is 8.73. The minimum Gasteiger partial charge on any atom is -0.485 e. The van der Waals surface area contributed by atoms with Crippen molar-refractivity contribution in [3.05, 3.63) is 88.0 Å². The van der Waals surface area contributed by atoms with Crippen LogP contribution in [0.15, 0.2) is 54.6 Å². The number of aromatic nitrogens is 2. The second-order valence-electron chi connectivity index (χ2n) is 7.04. The molecule has 1 amide bonds. The molecule has 8 heteroatoms. The van der Waals surface area contributed by atoms with Crippen LogP contribution in [0.5, 0.6) is 11.5 Å². The lowest BCUT2D eigenvalue weighted by Gasteiger charge is -2.14. The lowest BCUT2D eigenvalue weighted by molar-refractivity contribution is 0.0999. The lowest BCUT2D eigenvalue weighted by atomic mass is 10.1. The number of ether oxygens (including phenoxy) is 2. The standard InChI is InChI=1S/C23H19ClFN3O3/c1-13-2-3-15(17(24)8-13)11-30-21-9-14(23(26)29)4-7-20(21)31-12-22-27-18-6-5-16(25)10-19(18)28-22/h2-10H,11-12H2,1H3,(H2,26,29)(H,27,28). The predicted octanol–water partition coefficient (Wildman–Crippen LogP) is 4.92.